The lowest BCUT2D eigenvalue weighted by molar-refractivity contribution is -0.134. The first kappa shape index (κ1) is 31.2. The molecular formula is C35H34ClFN6O3. The second-order valence-corrected chi connectivity index (χ2v) is 12.1. The first-order valence-electron chi connectivity index (χ1n) is 15.2. The maximum Gasteiger partial charge on any atom is 0.355 e. The molecule has 0 radical (unpaired) electrons. The van der Waals surface area contributed by atoms with Gasteiger partial charge in [-0.1, -0.05) is 55.8 Å². The van der Waals surface area contributed by atoms with Crippen LogP contribution in [0.25, 0.3) is 28.0 Å². The highest BCUT2D eigenvalue weighted by molar-refractivity contribution is 6.33. The lowest BCUT2D eigenvalue weighted by atomic mass is 10.0. The molecule has 1 fully saturated rings. The van der Waals surface area contributed by atoms with Gasteiger partial charge in [-0.05, 0) is 61.7 Å². The van der Waals surface area contributed by atoms with E-state index in [4.69, 9.17) is 21.3 Å². The first-order chi connectivity index (χ1) is 22.1. The Labute approximate surface area is 271 Å². The molecule has 5 aromatic rings. The summed E-state index contributed by atoms with van der Waals surface area (Å²) in [6.45, 7) is 9.03. The summed E-state index contributed by atoms with van der Waals surface area (Å²) >= 11 is 6.82. The topological polar surface area (TPSA) is 93.5 Å². The Hall–Kier alpha value is -4.83. The minimum absolute atomic E-state index is 0.00799. The average Bonchev–Trinajstić information content (AvgIpc) is 3.04. The molecular weight excluding hydrogens is 607 g/mol. The molecule has 236 valence electrons. The summed E-state index contributed by atoms with van der Waals surface area (Å²) in [6, 6.07) is 18.8. The van der Waals surface area contributed by atoms with Crippen molar-refractivity contribution in [3.63, 3.8) is 0 Å². The van der Waals surface area contributed by atoms with E-state index in [0.717, 1.165) is 5.56 Å². The number of rotatable bonds is 7. The number of aryl methyl sites for hydroxylation is 1. The SMILES string of the molecule is Cc1ccnc(C(C)C)c1-n1c(=O)nc(N2CCN(C(=O)COc3ccccc3)CC2C)c2cc(Cl)c(-c3ccccc3F)nc21. The van der Waals surface area contributed by atoms with Crippen LogP contribution in [0.4, 0.5) is 10.2 Å². The van der Waals surface area contributed by atoms with Gasteiger partial charge in [-0.15, -0.1) is 0 Å². The molecule has 0 spiro atoms. The quantitative estimate of drug-likeness (QED) is 0.210. The minimum atomic E-state index is -0.545. The molecule has 6 rings (SSSR count). The third kappa shape index (κ3) is 5.92. The van der Waals surface area contributed by atoms with Crippen molar-refractivity contribution in [2.75, 3.05) is 31.1 Å². The van der Waals surface area contributed by atoms with Gasteiger partial charge in [-0.3, -0.25) is 9.78 Å². The molecule has 4 heterocycles. The van der Waals surface area contributed by atoms with Crippen molar-refractivity contribution < 1.29 is 13.9 Å². The molecule has 0 aliphatic carbocycles. The number of para-hydroxylation sites is 1. The normalized spacial score (nSPS) is 15.1. The molecule has 1 aliphatic heterocycles. The molecule has 11 heteroatoms. The van der Waals surface area contributed by atoms with E-state index < -0.39 is 11.5 Å². The fourth-order valence-electron chi connectivity index (χ4n) is 5.90. The van der Waals surface area contributed by atoms with E-state index in [0.29, 0.717) is 48.0 Å². The number of ether oxygens (including phenoxy) is 1. The Morgan fingerprint density at radius 3 is 2.52 bits per heavy atom. The number of anilines is 1. The Morgan fingerprint density at radius 2 is 1.80 bits per heavy atom. The van der Waals surface area contributed by atoms with E-state index in [2.05, 4.69) is 9.97 Å². The molecule has 1 unspecified atom stereocenters. The summed E-state index contributed by atoms with van der Waals surface area (Å²) in [5.74, 6) is 0.411. The molecule has 1 amide bonds. The molecule has 2 aromatic carbocycles. The number of benzene rings is 2. The van der Waals surface area contributed by atoms with Crippen LogP contribution in [0.15, 0.2) is 77.7 Å². The van der Waals surface area contributed by atoms with Crippen LogP contribution in [0, 0.1) is 12.7 Å². The standard InChI is InChI=1S/C35H34ClFN6O3/c1-21(2)30-32(22(3)14-15-38-30)43-34-26(18-27(36)31(39-34)25-12-8-9-13-28(25)37)33(40-35(43)45)42-17-16-41(19-23(42)4)29(44)20-46-24-10-6-5-7-11-24/h5-15,18,21,23H,16-17,19-20H2,1-4H3. The summed E-state index contributed by atoms with van der Waals surface area (Å²) in [4.78, 5) is 45.0. The number of hydrogen-bond donors (Lipinski definition) is 0. The molecule has 1 aliphatic rings. The zero-order valence-corrected chi connectivity index (χ0v) is 26.8. The third-order valence-electron chi connectivity index (χ3n) is 8.21. The highest BCUT2D eigenvalue weighted by Crippen LogP contribution is 2.36. The number of hydrogen-bond acceptors (Lipinski definition) is 7. The van der Waals surface area contributed by atoms with Crippen molar-refractivity contribution in [3.8, 4) is 22.7 Å². The van der Waals surface area contributed by atoms with Gasteiger partial charge in [0.2, 0.25) is 0 Å². The molecule has 0 N–H and O–H groups in total. The summed E-state index contributed by atoms with van der Waals surface area (Å²) < 4.78 is 22.2. The smallest absolute Gasteiger partial charge is 0.355 e. The summed E-state index contributed by atoms with van der Waals surface area (Å²) in [6.07, 6.45) is 1.71. The lowest BCUT2D eigenvalue weighted by Crippen LogP contribution is -2.55. The predicted molar refractivity (Wildman–Crippen MR) is 177 cm³/mol. The second kappa shape index (κ2) is 12.9. The van der Waals surface area contributed by atoms with Crippen LogP contribution < -0.4 is 15.3 Å². The van der Waals surface area contributed by atoms with Crippen molar-refractivity contribution in [2.24, 2.45) is 0 Å². The van der Waals surface area contributed by atoms with Crippen molar-refractivity contribution in [2.45, 2.75) is 39.7 Å². The number of nitrogens with zero attached hydrogens (tertiary/aromatic N) is 6. The largest absolute Gasteiger partial charge is 0.484 e. The van der Waals surface area contributed by atoms with Crippen LogP contribution in [0.1, 0.15) is 37.9 Å². The van der Waals surface area contributed by atoms with Gasteiger partial charge >= 0.3 is 5.69 Å². The monoisotopic (exact) mass is 640 g/mol. The van der Waals surface area contributed by atoms with Crippen molar-refractivity contribution >= 4 is 34.4 Å². The Morgan fingerprint density at radius 1 is 1.07 bits per heavy atom. The van der Waals surface area contributed by atoms with Crippen LogP contribution in [0.5, 0.6) is 5.75 Å². The highest BCUT2D eigenvalue weighted by atomic mass is 35.5. The fourth-order valence-corrected chi connectivity index (χ4v) is 6.16. The lowest BCUT2D eigenvalue weighted by Gasteiger charge is -2.40. The van der Waals surface area contributed by atoms with Gasteiger partial charge < -0.3 is 14.5 Å². The van der Waals surface area contributed by atoms with Gasteiger partial charge in [0, 0.05) is 37.4 Å². The van der Waals surface area contributed by atoms with Crippen molar-refractivity contribution in [1.29, 1.82) is 0 Å². The van der Waals surface area contributed by atoms with Gasteiger partial charge in [0.25, 0.3) is 5.91 Å². The van der Waals surface area contributed by atoms with Gasteiger partial charge in [0.15, 0.2) is 12.3 Å². The van der Waals surface area contributed by atoms with E-state index in [1.165, 1.54) is 10.6 Å². The van der Waals surface area contributed by atoms with Crippen LogP contribution in [-0.4, -0.2) is 62.6 Å². The number of carbonyl (C=O) groups excluding carboxylic acids is 1. The van der Waals surface area contributed by atoms with Gasteiger partial charge in [-0.25, -0.2) is 18.7 Å². The Bertz CT molecular complexity index is 1980. The van der Waals surface area contributed by atoms with Crippen LogP contribution in [0.3, 0.4) is 0 Å². The van der Waals surface area contributed by atoms with Crippen LogP contribution >= 0.6 is 11.6 Å². The van der Waals surface area contributed by atoms with Gasteiger partial charge in [0.1, 0.15) is 17.4 Å². The number of halogens is 2. The molecule has 1 atom stereocenters. The third-order valence-corrected chi connectivity index (χ3v) is 8.50. The van der Waals surface area contributed by atoms with Crippen molar-refractivity contribution in [3.05, 3.63) is 106 Å². The van der Waals surface area contributed by atoms with E-state index in [1.54, 1.807) is 47.5 Å². The van der Waals surface area contributed by atoms with Gasteiger partial charge in [-0.2, -0.15) is 4.98 Å². The number of pyridine rings is 2. The zero-order valence-electron chi connectivity index (χ0n) is 26.1. The van der Waals surface area contributed by atoms with Crippen LogP contribution in [-0.2, 0) is 4.79 Å². The predicted octanol–water partition coefficient (Wildman–Crippen LogP) is 6.18. The summed E-state index contributed by atoms with van der Waals surface area (Å²) in [5, 5.41) is 0.749. The minimum Gasteiger partial charge on any atom is -0.484 e. The summed E-state index contributed by atoms with van der Waals surface area (Å²) in [5.41, 5.74) is 2.29. The van der Waals surface area contributed by atoms with E-state index >= 15 is 4.39 Å². The molecule has 9 nitrogen and oxygen atoms in total. The Kier molecular flexibility index (Phi) is 8.73. The number of aromatic nitrogens is 4. The number of amides is 1. The van der Waals surface area contributed by atoms with Crippen molar-refractivity contribution in [1.82, 2.24) is 24.4 Å². The molecule has 0 saturated carbocycles. The van der Waals surface area contributed by atoms with Crippen LogP contribution in [0.2, 0.25) is 5.02 Å². The Balaban J connectivity index is 1.44. The number of fused-ring (bicyclic) bond motifs is 1. The summed E-state index contributed by atoms with van der Waals surface area (Å²) in [7, 11) is 0. The molecule has 1 saturated heterocycles. The van der Waals surface area contributed by atoms with E-state index in [-0.39, 0.29) is 46.4 Å². The molecule has 3 aromatic heterocycles. The van der Waals surface area contributed by atoms with E-state index in [1.807, 2.05) is 56.9 Å². The molecule has 46 heavy (non-hydrogen) atoms. The highest BCUT2D eigenvalue weighted by Gasteiger charge is 2.31. The zero-order chi connectivity index (χ0) is 32.5. The second-order valence-electron chi connectivity index (χ2n) is 11.7. The first-order valence-corrected chi connectivity index (χ1v) is 15.6. The maximum absolute atomic E-state index is 15.0. The fraction of sp³-hybridized carbons (Fsp3) is 0.286. The maximum atomic E-state index is 15.0. The van der Waals surface area contributed by atoms with Gasteiger partial charge in [0.05, 0.1) is 27.5 Å². The number of carbonyl (C=O) groups is 1. The molecule has 0 bridgehead atoms. The number of piperazine rings is 1. The van der Waals surface area contributed by atoms with E-state index in [9.17, 15) is 9.59 Å². The average molecular weight is 641 g/mol.